The number of aliphatic hydroxyl groups is 1. The largest absolute Gasteiger partial charge is 0.384 e. The van der Waals surface area contributed by atoms with Crippen LogP contribution in [0, 0.1) is 12.8 Å². The minimum atomic E-state index is -1.19. The third-order valence-electron chi connectivity index (χ3n) is 7.23. The summed E-state index contributed by atoms with van der Waals surface area (Å²) in [6.07, 6.45) is 3.69. The molecule has 9 nitrogen and oxygen atoms in total. The van der Waals surface area contributed by atoms with Crippen molar-refractivity contribution < 1.29 is 14.4 Å². The van der Waals surface area contributed by atoms with Gasteiger partial charge in [0, 0.05) is 32.0 Å². The number of pyridine rings is 1. The van der Waals surface area contributed by atoms with E-state index >= 15 is 0 Å². The van der Waals surface area contributed by atoms with Crippen LogP contribution in [0.1, 0.15) is 49.7 Å². The number of benzene rings is 1. The van der Waals surface area contributed by atoms with Gasteiger partial charge in [0.05, 0.1) is 22.9 Å². The highest BCUT2D eigenvalue weighted by atomic mass is 16.5. The molecule has 1 aromatic carbocycles. The lowest BCUT2D eigenvalue weighted by atomic mass is 9.86. The van der Waals surface area contributed by atoms with E-state index in [1.165, 1.54) is 5.56 Å². The fraction of sp³-hybridized carbons (Fsp3) is 0.407. The number of nitrogens with zero attached hydrogens (tertiary/aromatic N) is 6. The van der Waals surface area contributed by atoms with Crippen LogP contribution in [0.15, 0.2) is 47.1 Å². The first kappa shape index (κ1) is 22.9. The van der Waals surface area contributed by atoms with Gasteiger partial charge in [0.1, 0.15) is 22.3 Å². The predicted octanol–water partition coefficient (Wildman–Crippen LogP) is 4.52. The first-order chi connectivity index (χ1) is 17.3. The standard InChI is InChI=1S/C27H30N6O3/c1-16-22(32(4)31-29-16)19-14-20-21(28-15-19)25-24(26(30-36-25)27(2,3)34)33(20)23(17-8-6-5-7-9-17)18-10-12-35-13-11-18/h5-9,14-15,18,23,34H,10-13H2,1-4H3. The average molecular weight is 487 g/mol. The van der Waals surface area contributed by atoms with Crippen LogP contribution in [-0.4, -0.2) is 48.0 Å². The van der Waals surface area contributed by atoms with E-state index in [2.05, 4.69) is 50.4 Å². The van der Waals surface area contributed by atoms with Gasteiger partial charge in [-0.15, -0.1) is 5.10 Å². The fourth-order valence-electron chi connectivity index (χ4n) is 5.59. The van der Waals surface area contributed by atoms with Crippen molar-refractivity contribution in [3.05, 3.63) is 59.5 Å². The summed E-state index contributed by atoms with van der Waals surface area (Å²) < 4.78 is 15.7. The lowest BCUT2D eigenvalue weighted by molar-refractivity contribution is 0.0547. The molecule has 1 atom stereocenters. The summed E-state index contributed by atoms with van der Waals surface area (Å²) >= 11 is 0. The van der Waals surface area contributed by atoms with Crippen LogP contribution >= 0.6 is 0 Å². The monoisotopic (exact) mass is 486 g/mol. The Labute approximate surface area is 208 Å². The molecule has 186 valence electrons. The molecule has 0 saturated carbocycles. The summed E-state index contributed by atoms with van der Waals surface area (Å²) in [7, 11) is 1.88. The van der Waals surface area contributed by atoms with Crippen LogP contribution in [0.4, 0.5) is 0 Å². The summed E-state index contributed by atoms with van der Waals surface area (Å²) in [4.78, 5) is 4.85. The summed E-state index contributed by atoms with van der Waals surface area (Å²) in [6.45, 7) is 6.87. The molecule has 36 heavy (non-hydrogen) atoms. The number of hydrogen-bond donors (Lipinski definition) is 1. The molecule has 1 aliphatic rings. The summed E-state index contributed by atoms with van der Waals surface area (Å²) in [5.74, 6) is 0.327. The number of aromatic nitrogens is 6. The summed E-state index contributed by atoms with van der Waals surface area (Å²) in [5, 5.41) is 23.8. The van der Waals surface area contributed by atoms with Crippen LogP contribution in [0.2, 0.25) is 0 Å². The smallest absolute Gasteiger partial charge is 0.211 e. The van der Waals surface area contributed by atoms with E-state index in [9.17, 15) is 5.11 Å². The molecule has 0 amide bonds. The zero-order valence-corrected chi connectivity index (χ0v) is 21.0. The maximum Gasteiger partial charge on any atom is 0.211 e. The quantitative estimate of drug-likeness (QED) is 0.389. The number of aryl methyl sites for hydroxylation is 2. The van der Waals surface area contributed by atoms with Crippen molar-refractivity contribution in [1.29, 1.82) is 0 Å². The van der Waals surface area contributed by atoms with E-state index < -0.39 is 5.60 Å². The van der Waals surface area contributed by atoms with E-state index in [4.69, 9.17) is 14.2 Å². The van der Waals surface area contributed by atoms with Crippen molar-refractivity contribution in [3.63, 3.8) is 0 Å². The minimum Gasteiger partial charge on any atom is -0.384 e. The highest BCUT2D eigenvalue weighted by Crippen LogP contribution is 2.43. The van der Waals surface area contributed by atoms with Crippen molar-refractivity contribution in [2.45, 2.75) is 45.3 Å². The highest BCUT2D eigenvalue weighted by Gasteiger charge is 2.35. The predicted molar refractivity (Wildman–Crippen MR) is 135 cm³/mol. The number of hydrogen-bond acceptors (Lipinski definition) is 7. The maximum absolute atomic E-state index is 11.1. The minimum absolute atomic E-state index is 0.0154. The van der Waals surface area contributed by atoms with Gasteiger partial charge in [-0.2, -0.15) is 0 Å². The number of fused-ring (bicyclic) bond motifs is 3. The van der Waals surface area contributed by atoms with Gasteiger partial charge in [0.2, 0.25) is 5.58 Å². The van der Waals surface area contributed by atoms with E-state index in [1.54, 1.807) is 18.5 Å². The molecule has 1 aliphatic heterocycles. The molecular formula is C27H30N6O3. The van der Waals surface area contributed by atoms with Crippen LogP contribution in [0.25, 0.3) is 33.4 Å². The van der Waals surface area contributed by atoms with E-state index in [-0.39, 0.29) is 6.04 Å². The molecule has 1 saturated heterocycles. The normalized spacial score (nSPS) is 16.2. The molecule has 0 spiro atoms. The molecule has 5 aromatic rings. The van der Waals surface area contributed by atoms with Gasteiger partial charge in [-0.05, 0) is 51.2 Å². The highest BCUT2D eigenvalue weighted by molar-refractivity contribution is 6.04. The molecule has 0 bridgehead atoms. The Morgan fingerprint density at radius 1 is 1.14 bits per heavy atom. The number of rotatable bonds is 5. The zero-order chi connectivity index (χ0) is 25.0. The van der Waals surface area contributed by atoms with Crippen molar-refractivity contribution in [1.82, 2.24) is 29.7 Å². The second-order valence-corrected chi connectivity index (χ2v) is 10.2. The van der Waals surface area contributed by atoms with E-state index in [0.717, 1.165) is 59.6 Å². The Morgan fingerprint density at radius 2 is 1.89 bits per heavy atom. The molecule has 9 heteroatoms. The Hall–Kier alpha value is -3.56. The second kappa shape index (κ2) is 8.53. The molecule has 4 aromatic heterocycles. The fourth-order valence-corrected chi connectivity index (χ4v) is 5.59. The Morgan fingerprint density at radius 3 is 2.56 bits per heavy atom. The lowest BCUT2D eigenvalue weighted by Gasteiger charge is -2.33. The van der Waals surface area contributed by atoms with E-state index in [1.807, 2.05) is 26.2 Å². The Kier molecular flexibility index (Phi) is 5.42. The summed E-state index contributed by atoms with van der Waals surface area (Å²) in [5.41, 5.74) is 6.18. The van der Waals surface area contributed by atoms with Gasteiger partial charge in [-0.25, -0.2) is 9.67 Å². The second-order valence-electron chi connectivity index (χ2n) is 10.2. The molecule has 0 radical (unpaired) electrons. The van der Waals surface area contributed by atoms with Gasteiger partial charge in [-0.1, -0.05) is 40.7 Å². The lowest BCUT2D eigenvalue weighted by Crippen LogP contribution is -2.27. The van der Waals surface area contributed by atoms with Crippen molar-refractivity contribution >= 4 is 22.1 Å². The Bertz CT molecular complexity index is 1520. The molecule has 6 rings (SSSR count). The molecule has 5 heterocycles. The molecule has 1 N–H and O–H groups in total. The van der Waals surface area contributed by atoms with Crippen molar-refractivity contribution in [2.75, 3.05) is 13.2 Å². The third-order valence-corrected chi connectivity index (χ3v) is 7.23. The summed E-state index contributed by atoms with van der Waals surface area (Å²) in [6, 6.07) is 12.6. The molecular weight excluding hydrogens is 456 g/mol. The molecule has 1 unspecified atom stereocenters. The van der Waals surface area contributed by atoms with Crippen molar-refractivity contribution in [2.24, 2.45) is 13.0 Å². The van der Waals surface area contributed by atoms with E-state index in [0.29, 0.717) is 17.2 Å². The Balaban J connectivity index is 1.70. The van der Waals surface area contributed by atoms with Crippen LogP contribution in [0.5, 0.6) is 0 Å². The topological polar surface area (TPSA) is 104 Å². The van der Waals surface area contributed by atoms with Gasteiger partial charge in [-0.3, -0.25) is 0 Å². The van der Waals surface area contributed by atoms with Crippen LogP contribution in [-0.2, 0) is 17.4 Å². The van der Waals surface area contributed by atoms with Crippen LogP contribution < -0.4 is 0 Å². The molecule has 0 aliphatic carbocycles. The first-order valence-corrected chi connectivity index (χ1v) is 12.4. The molecule has 1 fully saturated rings. The average Bonchev–Trinajstić information content (AvgIpc) is 3.54. The maximum atomic E-state index is 11.1. The SMILES string of the molecule is Cc1nnn(C)c1-c1cnc2c3onc(C(C)(C)O)c3n(C(c3ccccc3)C3CCOCC3)c2c1. The zero-order valence-electron chi connectivity index (χ0n) is 21.0. The first-order valence-electron chi connectivity index (χ1n) is 12.4. The van der Waals surface area contributed by atoms with Gasteiger partial charge >= 0.3 is 0 Å². The van der Waals surface area contributed by atoms with Gasteiger partial charge in [0.15, 0.2) is 0 Å². The van der Waals surface area contributed by atoms with Crippen molar-refractivity contribution in [3.8, 4) is 11.3 Å². The number of ether oxygens (including phenoxy) is 1. The third kappa shape index (κ3) is 3.61. The van der Waals surface area contributed by atoms with Crippen LogP contribution in [0.3, 0.4) is 0 Å². The van der Waals surface area contributed by atoms with Gasteiger partial charge < -0.3 is 18.9 Å². The van der Waals surface area contributed by atoms with Gasteiger partial charge in [0.25, 0.3) is 0 Å².